The quantitative estimate of drug-likeness (QED) is 0.349. The van der Waals surface area contributed by atoms with Crippen LogP contribution >= 0.6 is 12.2 Å². The second-order valence-electron chi connectivity index (χ2n) is 8.93. The lowest BCUT2D eigenvalue weighted by molar-refractivity contribution is 0.564. The molecule has 2 aromatic carbocycles. The molecule has 1 aliphatic heterocycles. The molecule has 0 spiro atoms. The SMILES string of the molecule is Cc1cccc(-n2c(C)cc([C@H]3[C@H](c4ccccn4)NC(=S)N3c3ccc(F)c(C)c3)c2C)c1. The third kappa shape index (κ3) is 3.78. The summed E-state index contributed by atoms with van der Waals surface area (Å²) in [6, 6.07) is 21.5. The second-order valence-corrected chi connectivity index (χ2v) is 9.32. The van der Waals surface area contributed by atoms with Crippen LogP contribution in [0, 0.1) is 33.5 Å². The highest BCUT2D eigenvalue weighted by Crippen LogP contribution is 2.44. The van der Waals surface area contributed by atoms with Crippen molar-refractivity contribution in [3.8, 4) is 5.69 Å². The van der Waals surface area contributed by atoms with E-state index in [0.29, 0.717) is 10.7 Å². The van der Waals surface area contributed by atoms with Crippen LogP contribution in [0.15, 0.2) is 72.9 Å². The largest absolute Gasteiger partial charge is 0.351 e. The van der Waals surface area contributed by atoms with E-state index < -0.39 is 0 Å². The zero-order valence-electron chi connectivity index (χ0n) is 19.7. The fourth-order valence-electron chi connectivity index (χ4n) is 4.98. The first-order valence-corrected chi connectivity index (χ1v) is 11.8. The van der Waals surface area contributed by atoms with Gasteiger partial charge in [-0.3, -0.25) is 4.98 Å². The minimum Gasteiger partial charge on any atom is -0.351 e. The molecule has 4 nitrogen and oxygen atoms in total. The maximum Gasteiger partial charge on any atom is 0.174 e. The van der Waals surface area contributed by atoms with Gasteiger partial charge in [-0.1, -0.05) is 18.2 Å². The van der Waals surface area contributed by atoms with E-state index >= 15 is 0 Å². The molecule has 172 valence electrons. The summed E-state index contributed by atoms with van der Waals surface area (Å²) in [5.74, 6) is -0.225. The fraction of sp³-hybridized carbons (Fsp3) is 0.214. The van der Waals surface area contributed by atoms with E-state index in [1.54, 1.807) is 19.2 Å². The lowest BCUT2D eigenvalue weighted by Gasteiger charge is -2.28. The van der Waals surface area contributed by atoms with Crippen LogP contribution in [0.2, 0.25) is 0 Å². The summed E-state index contributed by atoms with van der Waals surface area (Å²) in [4.78, 5) is 6.74. The Bertz CT molecular complexity index is 1380. The van der Waals surface area contributed by atoms with E-state index in [4.69, 9.17) is 12.2 Å². The van der Waals surface area contributed by atoms with Crippen molar-refractivity contribution in [3.05, 3.63) is 113 Å². The number of hydrogen-bond donors (Lipinski definition) is 1. The molecule has 6 heteroatoms. The van der Waals surface area contributed by atoms with E-state index in [1.165, 1.54) is 11.6 Å². The van der Waals surface area contributed by atoms with Crippen molar-refractivity contribution < 1.29 is 4.39 Å². The van der Waals surface area contributed by atoms with Crippen LogP contribution in [0.25, 0.3) is 5.69 Å². The Hall–Kier alpha value is -3.51. The number of pyridine rings is 1. The zero-order valence-corrected chi connectivity index (χ0v) is 20.5. The summed E-state index contributed by atoms with van der Waals surface area (Å²) in [5.41, 5.74) is 8.15. The number of rotatable bonds is 4. The average Bonchev–Trinajstić information content (AvgIpc) is 3.31. The molecule has 1 fully saturated rings. The van der Waals surface area contributed by atoms with E-state index in [0.717, 1.165) is 34.0 Å². The van der Waals surface area contributed by atoms with E-state index in [-0.39, 0.29) is 17.9 Å². The van der Waals surface area contributed by atoms with E-state index in [9.17, 15) is 4.39 Å². The Morgan fingerprint density at radius 1 is 0.912 bits per heavy atom. The van der Waals surface area contributed by atoms with Crippen LogP contribution in [0.4, 0.5) is 10.1 Å². The van der Waals surface area contributed by atoms with Crippen molar-refractivity contribution in [2.75, 3.05) is 4.90 Å². The monoisotopic (exact) mass is 470 g/mol. The van der Waals surface area contributed by atoms with Gasteiger partial charge in [0, 0.05) is 29.0 Å². The van der Waals surface area contributed by atoms with Gasteiger partial charge in [-0.15, -0.1) is 0 Å². The van der Waals surface area contributed by atoms with Crippen LogP contribution in [0.3, 0.4) is 0 Å². The maximum atomic E-state index is 14.1. The predicted octanol–water partition coefficient (Wildman–Crippen LogP) is 6.42. The van der Waals surface area contributed by atoms with Crippen LogP contribution < -0.4 is 10.2 Å². The molecule has 0 amide bonds. The number of benzene rings is 2. The molecule has 34 heavy (non-hydrogen) atoms. The van der Waals surface area contributed by atoms with Gasteiger partial charge in [-0.2, -0.15) is 0 Å². The van der Waals surface area contributed by atoms with Gasteiger partial charge in [0.1, 0.15) is 5.82 Å². The summed E-state index contributed by atoms with van der Waals surface area (Å²) in [7, 11) is 0. The topological polar surface area (TPSA) is 33.1 Å². The molecular formula is C28H27FN4S. The Balaban J connectivity index is 1.69. The van der Waals surface area contributed by atoms with Crippen molar-refractivity contribution in [2.45, 2.75) is 39.8 Å². The fourth-order valence-corrected chi connectivity index (χ4v) is 5.33. The van der Waals surface area contributed by atoms with Gasteiger partial charge in [0.05, 0.1) is 17.8 Å². The van der Waals surface area contributed by atoms with Gasteiger partial charge < -0.3 is 14.8 Å². The van der Waals surface area contributed by atoms with Crippen molar-refractivity contribution >= 4 is 23.0 Å². The molecule has 0 unspecified atom stereocenters. The smallest absolute Gasteiger partial charge is 0.174 e. The molecule has 0 saturated carbocycles. The minimum absolute atomic E-state index is 0.142. The normalized spacial score (nSPS) is 17.8. The third-order valence-electron chi connectivity index (χ3n) is 6.57. The highest BCUT2D eigenvalue weighted by atomic mass is 32.1. The van der Waals surface area contributed by atoms with E-state index in [2.05, 4.69) is 70.9 Å². The number of halogens is 1. The Morgan fingerprint density at radius 2 is 1.74 bits per heavy atom. The highest BCUT2D eigenvalue weighted by molar-refractivity contribution is 7.80. The van der Waals surface area contributed by atoms with Crippen molar-refractivity contribution in [1.29, 1.82) is 0 Å². The number of nitrogens with one attached hydrogen (secondary N) is 1. The van der Waals surface area contributed by atoms with Gasteiger partial charge in [0.2, 0.25) is 0 Å². The molecule has 1 N–H and O–H groups in total. The third-order valence-corrected chi connectivity index (χ3v) is 6.88. The van der Waals surface area contributed by atoms with Crippen molar-refractivity contribution in [3.63, 3.8) is 0 Å². The minimum atomic E-state index is -0.225. The molecule has 5 rings (SSSR count). The first-order valence-electron chi connectivity index (χ1n) is 11.4. The summed E-state index contributed by atoms with van der Waals surface area (Å²) < 4.78 is 16.4. The Kier molecular flexibility index (Phi) is 5.70. The highest BCUT2D eigenvalue weighted by Gasteiger charge is 2.42. The Labute approximate surface area is 205 Å². The summed E-state index contributed by atoms with van der Waals surface area (Å²) in [6.45, 7) is 8.16. The van der Waals surface area contributed by atoms with Crippen LogP contribution in [0.1, 0.15) is 45.9 Å². The lowest BCUT2D eigenvalue weighted by atomic mass is 9.96. The van der Waals surface area contributed by atoms with Gasteiger partial charge in [0.25, 0.3) is 0 Å². The average molecular weight is 471 g/mol. The van der Waals surface area contributed by atoms with Gasteiger partial charge in [-0.05, 0) is 105 Å². The number of hydrogen-bond acceptors (Lipinski definition) is 2. The van der Waals surface area contributed by atoms with Gasteiger partial charge >= 0.3 is 0 Å². The molecule has 1 aliphatic rings. The lowest BCUT2D eigenvalue weighted by Crippen LogP contribution is -2.29. The number of aromatic nitrogens is 2. The standard InChI is InChI=1S/C28H27FN4S/c1-17-8-7-9-21(14-17)32-19(3)16-23(20(32)4)27-26(25-10-5-6-13-30-25)31-28(34)33(27)22-11-12-24(29)18(2)15-22/h5-16,26-27H,1-4H3,(H,31,34)/t26-,27-/m0/s1. The molecule has 2 aromatic heterocycles. The zero-order chi connectivity index (χ0) is 24.0. The maximum absolute atomic E-state index is 14.1. The molecule has 0 bridgehead atoms. The van der Waals surface area contributed by atoms with Crippen molar-refractivity contribution in [1.82, 2.24) is 14.9 Å². The van der Waals surface area contributed by atoms with Gasteiger partial charge in [0.15, 0.2) is 5.11 Å². The van der Waals surface area contributed by atoms with Gasteiger partial charge in [-0.25, -0.2) is 4.39 Å². The van der Waals surface area contributed by atoms with Crippen LogP contribution in [-0.2, 0) is 0 Å². The summed E-state index contributed by atoms with van der Waals surface area (Å²) >= 11 is 5.83. The molecule has 2 atom stereocenters. The molecule has 4 aromatic rings. The molecule has 3 heterocycles. The first-order chi connectivity index (χ1) is 16.3. The summed E-state index contributed by atoms with van der Waals surface area (Å²) in [6.07, 6.45) is 1.80. The summed E-state index contributed by atoms with van der Waals surface area (Å²) in [5, 5.41) is 4.10. The van der Waals surface area contributed by atoms with Crippen molar-refractivity contribution in [2.24, 2.45) is 0 Å². The predicted molar refractivity (Wildman–Crippen MR) is 139 cm³/mol. The second kappa shape index (κ2) is 8.69. The van der Waals surface area contributed by atoms with Crippen LogP contribution in [0.5, 0.6) is 0 Å². The molecule has 1 saturated heterocycles. The number of nitrogens with zero attached hydrogens (tertiary/aromatic N) is 3. The number of aryl methyl sites for hydroxylation is 3. The molecular weight excluding hydrogens is 443 g/mol. The van der Waals surface area contributed by atoms with Crippen LogP contribution in [-0.4, -0.2) is 14.7 Å². The van der Waals surface area contributed by atoms with E-state index in [1.807, 2.05) is 24.3 Å². The number of anilines is 1. The first kappa shape index (κ1) is 22.3. The number of thiocarbonyl (C=S) groups is 1. The Morgan fingerprint density at radius 3 is 2.44 bits per heavy atom. The molecule has 0 radical (unpaired) electrons. The molecule has 0 aliphatic carbocycles.